The third-order valence-corrected chi connectivity index (χ3v) is 4.48. The van der Waals surface area contributed by atoms with Gasteiger partial charge < -0.3 is 5.32 Å². The fraction of sp³-hybridized carbons (Fsp3) is 1.00. The Hall–Kier alpha value is -0.0400. The molecule has 1 fully saturated rings. The Bertz CT molecular complexity index is 172. The minimum atomic E-state index is 0.776. The highest BCUT2D eigenvalue weighted by Crippen LogP contribution is 2.34. The van der Waals surface area contributed by atoms with Gasteiger partial charge in [-0.1, -0.05) is 47.0 Å². The van der Waals surface area contributed by atoms with Crippen molar-refractivity contribution in [1.82, 2.24) is 5.32 Å². The average molecular weight is 225 g/mol. The summed E-state index contributed by atoms with van der Waals surface area (Å²) < 4.78 is 0. The summed E-state index contributed by atoms with van der Waals surface area (Å²) in [6.07, 6.45) is 9.56. The fourth-order valence-electron chi connectivity index (χ4n) is 3.37. The van der Waals surface area contributed by atoms with Gasteiger partial charge in [-0.2, -0.15) is 0 Å². The Morgan fingerprint density at radius 2 is 1.69 bits per heavy atom. The normalized spacial score (nSPS) is 30.2. The van der Waals surface area contributed by atoms with Crippen molar-refractivity contribution in [2.75, 3.05) is 0 Å². The van der Waals surface area contributed by atoms with E-state index < -0.39 is 0 Å². The second kappa shape index (κ2) is 7.32. The van der Waals surface area contributed by atoms with Crippen molar-refractivity contribution in [3.8, 4) is 0 Å². The Labute approximate surface area is 102 Å². The van der Waals surface area contributed by atoms with Gasteiger partial charge >= 0.3 is 0 Å². The van der Waals surface area contributed by atoms with Crippen molar-refractivity contribution in [2.24, 2.45) is 11.8 Å². The number of hydrogen-bond acceptors (Lipinski definition) is 1. The van der Waals surface area contributed by atoms with Crippen LogP contribution in [0.25, 0.3) is 0 Å². The molecular weight excluding hydrogens is 194 g/mol. The first kappa shape index (κ1) is 14.0. The van der Waals surface area contributed by atoms with Crippen LogP contribution in [0.5, 0.6) is 0 Å². The minimum Gasteiger partial charge on any atom is -0.311 e. The Balaban J connectivity index is 2.39. The van der Waals surface area contributed by atoms with E-state index in [4.69, 9.17) is 0 Å². The molecule has 0 radical (unpaired) electrons. The maximum Gasteiger partial charge on any atom is 0.00980 e. The monoisotopic (exact) mass is 225 g/mol. The summed E-state index contributed by atoms with van der Waals surface area (Å²) in [6.45, 7) is 9.40. The zero-order chi connectivity index (χ0) is 12.0. The van der Waals surface area contributed by atoms with Crippen LogP contribution in [0.2, 0.25) is 0 Å². The van der Waals surface area contributed by atoms with Crippen molar-refractivity contribution >= 4 is 0 Å². The van der Waals surface area contributed by atoms with Gasteiger partial charge in [0.25, 0.3) is 0 Å². The van der Waals surface area contributed by atoms with Crippen LogP contribution >= 0.6 is 0 Å². The summed E-state index contributed by atoms with van der Waals surface area (Å²) in [7, 11) is 0. The topological polar surface area (TPSA) is 12.0 Å². The third kappa shape index (κ3) is 3.76. The molecule has 1 N–H and O–H groups in total. The molecule has 0 aliphatic heterocycles. The van der Waals surface area contributed by atoms with Gasteiger partial charge in [0.05, 0.1) is 0 Å². The molecule has 1 heteroatoms. The second-order valence-electron chi connectivity index (χ2n) is 5.65. The number of hydrogen-bond donors (Lipinski definition) is 1. The SMILES string of the molecule is CCCC(CCC)NC1CCC(CC)C1C. The van der Waals surface area contributed by atoms with Crippen LogP contribution in [0.1, 0.15) is 72.6 Å². The molecule has 1 saturated carbocycles. The van der Waals surface area contributed by atoms with Crippen LogP contribution in [0.4, 0.5) is 0 Å². The molecule has 1 aliphatic carbocycles. The highest BCUT2D eigenvalue weighted by atomic mass is 15.0. The maximum absolute atomic E-state index is 3.93. The van der Waals surface area contributed by atoms with Crippen molar-refractivity contribution < 1.29 is 0 Å². The molecule has 16 heavy (non-hydrogen) atoms. The van der Waals surface area contributed by atoms with Gasteiger partial charge in [-0.05, 0) is 37.5 Å². The van der Waals surface area contributed by atoms with Gasteiger partial charge in [-0.25, -0.2) is 0 Å². The van der Waals surface area contributed by atoms with Crippen molar-refractivity contribution in [3.63, 3.8) is 0 Å². The standard InChI is InChI=1S/C15H31N/c1-5-8-14(9-6-2)16-15-11-10-13(7-3)12(15)4/h12-16H,5-11H2,1-4H3. The summed E-state index contributed by atoms with van der Waals surface area (Å²) in [5.74, 6) is 1.86. The van der Waals surface area contributed by atoms with E-state index >= 15 is 0 Å². The Morgan fingerprint density at radius 1 is 1.06 bits per heavy atom. The smallest absolute Gasteiger partial charge is 0.00980 e. The van der Waals surface area contributed by atoms with Gasteiger partial charge in [0.15, 0.2) is 0 Å². The summed E-state index contributed by atoms with van der Waals surface area (Å²) in [4.78, 5) is 0. The van der Waals surface area contributed by atoms with Gasteiger partial charge in [-0.15, -0.1) is 0 Å². The molecule has 0 aromatic carbocycles. The number of nitrogens with one attached hydrogen (secondary N) is 1. The lowest BCUT2D eigenvalue weighted by atomic mass is 9.92. The third-order valence-electron chi connectivity index (χ3n) is 4.48. The predicted octanol–water partition coefficient (Wildman–Crippen LogP) is 4.37. The van der Waals surface area contributed by atoms with E-state index in [2.05, 4.69) is 33.0 Å². The Morgan fingerprint density at radius 3 is 2.12 bits per heavy atom. The van der Waals surface area contributed by atoms with E-state index in [-0.39, 0.29) is 0 Å². The lowest BCUT2D eigenvalue weighted by molar-refractivity contribution is 0.304. The molecule has 0 amide bonds. The lowest BCUT2D eigenvalue weighted by Crippen LogP contribution is -2.40. The molecule has 0 aromatic rings. The van der Waals surface area contributed by atoms with Gasteiger partial charge in [0.1, 0.15) is 0 Å². The maximum atomic E-state index is 3.93. The van der Waals surface area contributed by atoms with E-state index in [1.54, 1.807) is 0 Å². The van der Waals surface area contributed by atoms with Crippen LogP contribution in [-0.4, -0.2) is 12.1 Å². The summed E-state index contributed by atoms with van der Waals surface area (Å²) in [6, 6.07) is 1.58. The molecule has 0 saturated heterocycles. The van der Waals surface area contributed by atoms with Gasteiger partial charge in [0.2, 0.25) is 0 Å². The van der Waals surface area contributed by atoms with E-state index in [1.165, 1.54) is 44.9 Å². The summed E-state index contributed by atoms with van der Waals surface area (Å²) in [5, 5.41) is 3.93. The quantitative estimate of drug-likeness (QED) is 0.678. The first-order valence-corrected chi connectivity index (χ1v) is 7.48. The molecule has 1 aliphatic rings. The van der Waals surface area contributed by atoms with E-state index in [0.717, 1.165) is 23.9 Å². The van der Waals surface area contributed by atoms with Crippen LogP contribution in [0, 0.1) is 11.8 Å². The van der Waals surface area contributed by atoms with Crippen molar-refractivity contribution in [2.45, 2.75) is 84.7 Å². The molecule has 0 spiro atoms. The zero-order valence-electron chi connectivity index (χ0n) is 11.8. The van der Waals surface area contributed by atoms with E-state index in [0.29, 0.717) is 0 Å². The Kier molecular flexibility index (Phi) is 6.41. The van der Waals surface area contributed by atoms with Gasteiger partial charge in [0, 0.05) is 12.1 Å². The van der Waals surface area contributed by atoms with Crippen LogP contribution in [0.3, 0.4) is 0 Å². The van der Waals surface area contributed by atoms with E-state index in [1.807, 2.05) is 0 Å². The van der Waals surface area contributed by atoms with Crippen molar-refractivity contribution in [3.05, 3.63) is 0 Å². The predicted molar refractivity (Wildman–Crippen MR) is 72.7 cm³/mol. The summed E-state index contributed by atoms with van der Waals surface area (Å²) in [5.41, 5.74) is 0. The molecule has 3 atom stereocenters. The van der Waals surface area contributed by atoms with Crippen molar-refractivity contribution in [1.29, 1.82) is 0 Å². The van der Waals surface area contributed by atoms with Gasteiger partial charge in [-0.3, -0.25) is 0 Å². The molecule has 3 unspecified atom stereocenters. The zero-order valence-corrected chi connectivity index (χ0v) is 11.8. The first-order valence-electron chi connectivity index (χ1n) is 7.48. The molecule has 96 valence electrons. The highest BCUT2D eigenvalue weighted by Gasteiger charge is 2.32. The highest BCUT2D eigenvalue weighted by molar-refractivity contribution is 4.88. The summed E-state index contributed by atoms with van der Waals surface area (Å²) >= 11 is 0. The van der Waals surface area contributed by atoms with Crippen LogP contribution < -0.4 is 5.32 Å². The van der Waals surface area contributed by atoms with Crippen LogP contribution in [0.15, 0.2) is 0 Å². The molecule has 0 bridgehead atoms. The molecule has 0 aromatic heterocycles. The average Bonchev–Trinajstić information content (AvgIpc) is 2.61. The molecular formula is C15H31N. The van der Waals surface area contributed by atoms with Crippen LogP contribution in [-0.2, 0) is 0 Å². The second-order valence-corrected chi connectivity index (χ2v) is 5.65. The number of rotatable bonds is 7. The largest absolute Gasteiger partial charge is 0.311 e. The first-order chi connectivity index (χ1) is 7.72. The molecule has 1 nitrogen and oxygen atoms in total. The molecule has 0 heterocycles. The van der Waals surface area contributed by atoms with E-state index in [9.17, 15) is 0 Å². The molecule has 1 rings (SSSR count). The lowest BCUT2D eigenvalue weighted by Gasteiger charge is -2.27. The minimum absolute atomic E-state index is 0.776. The fourth-order valence-corrected chi connectivity index (χ4v) is 3.37.